The van der Waals surface area contributed by atoms with Gasteiger partial charge in [-0.1, -0.05) is 38.6 Å². The van der Waals surface area contributed by atoms with E-state index in [-0.39, 0.29) is 16.4 Å². The van der Waals surface area contributed by atoms with Crippen LogP contribution in [0.2, 0.25) is 0 Å². The van der Waals surface area contributed by atoms with E-state index in [1.807, 2.05) is 13.8 Å². The number of carbonyl (C=O) groups excluding carboxylic acids is 1. The molecule has 0 aliphatic rings. The second-order valence-corrected chi connectivity index (χ2v) is 5.10. The van der Waals surface area contributed by atoms with Gasteiger partial charge in [0.25, 0.3) is 16.0 Å². The fraction of sp³-hybridized carbons (Fsp3) is 0.267. The van der Waals surface area contributed by atoms with Gasteiger partial charge in [0.15, 0.2) is 0 Å². The quantitative estimate of drug-likeness (QED) is 0.837. The van der Waals surface area contributed by atoms with E-state index in [2.05, 4.69) is 11.9 Å². The van der Waals surface area contributed by atoms with Gasteiger partial charge in [-0.2, -0.15) is 8.42 Å². The van der Waals surface area contributed by atoms with Gasteiger partial charge in [-0.15, -0.1) is 0 Å². The Morgan fingerprint density at radius 3 is 2.29 bits per heavy atom. The smallest absolute Gasteiger partial charge is 0.294 e. The van der Waals surface area contributed by atoms with Crippen LogP contribution < -0.4 is 5.32 Å². The summed E-state index contributed by atoms with van der Waals surface area (Å²) in [6.07, 6.45) is 2.73. The molecule has 1 rings (SSSR count). The highest BCUT2D eigenvalue weighted by atomic mass is 32.2. The Bertz CT molecular complexity index is 646. The number of allylic oxidation sites excluding steroid dienone is 1. The Morgan fingerprint density at radius 2 is 1.90 bits per heavy atom. The molecule has 1 amide bonds. The average molecular weight is 311 g/mol. The van der Waals surface area contributed by atoms with E-state index >= 15 is 0 Å². The Morgan fingerprint density at radius 1 is 1.33 bits per heavy atom. The van der Waals surface area contributed by atoms with E-state index in [0.29, 0.717) is 11.1 Å². The summed E-state index contributed by atoms with van der Waals surface area (Å²) in [5.41, 5.74) is 1.05. The van der Waals surface area contributed by atoms with Crippen molar-refractivity contribution < 1.29 is 17.8 Å². The highest BCUT2D eigenvalue weighted by Gasteiger charge is 2.19. The highest BCUT2D eigenvalue weighted by molar-refractivity contribution is 7.95. The molecule has 0 atom stereocenters. The molecule has 116 valence electrons. The molecule has 1 aromatic carbocycles. The number of carbonyl (C=O) groups is 1. The lowest BCUT2D eigenvalue weighted by Gasteiger charge is -2.10. The maximum Gasteiger partial charge on any atom is 0.294 e. The Balaban J connectivity index is 0.00000191. The van der Waals surface area contributed by atoms with Gasteiger partial charge in [0.05, 0.1) is 4.91 Å². The third-order valence-corrected chi connectivity index (χ3v) is 3.58. The van der Waals surface area contributed by atoms with Gasteiger partial charge in [-0.25, -0.2) is 0 Å². The van der Waals surface area contributed by atoms with E-state index in [1.54, 1.807) is 12.1 Å². The second kappa shape index (κ2) is 8.39. The van der Waals surface area contributed by atoms with Crippen molar-refractivity contribution in [2.24, 2.45) is 0 Å². The monoisotopic (exact) mass is 311 g/mol. The van der Waals surface area contributed by atoms with Crippen molar-refractivity contribution in [2.75, 3.05) is 7.05 Å². The average Bonchev–Trinajstić information content (AvgIpc) is 2.47. The maximum absolute atomic E-state index is 11.6. The van der Waals surface area contributed by atoms with Crippen LogP contribution in [0.4, 0.5) is 0 Å². The van der Waals surface area contributed by atoms with Crippen molar-refractivity contribution >= 4 is 27.0 Å². The first-order chi connectivity index (χ1) is 9.85. The summed E-state index contributed by atoms with van der Waals surface area (Å²) in [4.78, 5) is 11.3. The van der Waals surface area contributed by atoms with Gasteiger partial charge < -0.3 is 5.32 Å². The number of hydrogen-bond acceptors (Lipinski definition) is 3. The van der Waals surface area contributed by atoms with Crippen molar-refractivity contribution in [3.05, 3.63) is 47.5 Å². The standard InChI is InChI=1S/C13H15NO4S.C2H6/c1-4-9-6-7-10(13(15)14-3)8-11(9)12(5-2)19(16,17)18;1-2/h4-8H,1H2,2-3H3,(H,14,15)(H,16,17,18);1-2H3/b12-5+;. The van der Waals surface area contributed by atoms with Crippen LogP contribution in [0.25, 0.3) is 11.0 Å². The van der Waals surface area contributed by atoms with E-state index in [4.69, 9.17) is 0 Å². The molecule has 0 bridgehead atoms. The van der Waals surface area contributed by atoms with Gasteiger partial charge in [0.1, 0.15) is 0 Å². The van der Waals surface area contributed by atoms with Gasteiger partial charge in [0.2, 0.25) is 0 Å². The Hall–Kier alpha value is -1.92. The molecule has 0 spiro atoms. The molecule has 0 heterocycles. The number of amides is 1. The van der Waals surface area contributed by atoms with Crippen molar-refractivity contribution in [1.82, 2.24) is 5.32 Å². The lowest BCUT2D eigenvalue weighted by atomic mass is 10.0. The zero-order chi connectivity index (χ0) is 16.6. The molecule has 6 heteroatoms. The largest absolute Gasteiger partial charge is 0.355 e. The molecule has 2 N–H and O–H groups in total. The predicted molar refractivity (Wildman–Crippen MR) is 86.5 cm³/mol. The van der Waals surface area contributed by atoms with E-state index in [1.165, 1.54) is 32.2 Å². The fourth-order valence-corrected chi connectivity index (χ4v) is 2.43. The van der Waals surface area contributed by atoms with Crippen LogP contribution in [0.3, 0.4) is 0 Å². The van der Waals surface area contributed by atoms with Crippen molar-refractivity contribution in [3.8, 4) is 0 Å². The molecular formula is C15H21NO4S. The van der Waals surface area contributed by atoms with Crippen LogP contribution in [0.5, 0.6) is 0 Å². The van der Waals surface area contributed by atoms with Gasteiger partial charge in [-0.3, -0.25) is 9.35 Å². The number of benzene rings is 1. The van der Waals surface area contributed by atoms with Gasteiger partial charge in [-0.05, 0) is 24.6 Å². The second-order valence-electron chi connectivity index (χ2n) is 3.71. The summed E-state index contributed by atoms with van der Waals surface area (Å²) >= 11 is 0. The molecule has 0 aromatic heterocycles. The van der Waals surface area contributed by atoms with Crippen LogP contribution in [-0.4, -0.2) is 25.9 Å². The molecular weight excluding hydrogens is 290 g/mol. The minimum Gasteiger partial charge on any atom is -0.355 e. The van der Waals surface area contributed by atoms with Crippen molar-refractivity contribution in [1.29, 1.82) is 0 Å². The van der Waals surface area contributed by atoms with Crippen molar-refractivity contribution in [3.63, 3.8) is 0 Å². The third kappa shape index (κ3) is 4.84. The lowest BCUT2D eigenvalue weighted by molar-refractivity contribution is 0.0963. The summed E-state index contributed by atoms with van der Waals surface area (Å²) in [7, 11) is -2.89. The molecule has 5 nitrogen and oxygen atoms in total. The minimum absolute atomic E-state index is 0.237. The van der Waals surface area contributed by atoms with Crippen LogP contribution in [0.1, 0.15) is 42.3 Å². The first kappa shape index (κ1) is 19.1. The van der Waals surface area contributed by atoms with Crippen LogP contribution in [0, 0.1) is 0 Å². The molecule has 0 radical (unpaired) electrons. The third-order valence-electron chi connectivity index (χ3n) is 2.57. The minimum atomic E-state index is -4.37. The SMILES string of the molecule is C=Cc1ccc(C(=O)NC)cc1/C(=C\C)S(=O)(=O)O.CC. The molecule has 1 aromatic rings. The van der Waals surface area contributed by atoms with Crippen molar-refractivity contribution in [2.45, 2.75) is 20.8 Å². The molecule has 21 heavy (non-hydrogen) atoms. The first-order valence-corrected chi connectivity index (χ1v) is 7.92. The molecule has 0 aliphatic carbocycles. The predicted octanol–water partition coefficient (Wildman–Crippen LogP) is 2.96. The molecule has 0 unspecified atom stereocenters. The Kier molecular flexibility index (Phi) is 7.62. The molecule has 0 aliphatic heterocycles. The van der Waals surface area contributed by atoms with Gasteiger partial charge >= 0.3 is 0 Å². The maximum atomic E-state index is 11.6. The van der Waals surface area contributed by atoms with E-state index in [9.17, 15) is 17.8 Å². The zero-order valence-corrected chi connectivity index (χ0v) is 13.5. The summed E-state index contributed by atoms with van der Waals surface area (Å²) in [6, 6.07) is 4.52. The van der Waals surface area contributed by atoms with Crippen LogP contribution >= 0.6 is 0 Å². The summed E-state index contributed by atoms with van der Waals surface area (Å²) in [5.74, 6) is -0.345. The summed E-state index contributed by atoms with van der Waals surface area (Å²) in [6.45, 7) is 9.07. The lowest BCUT2D eigenvalue weighted by Crippen LogP contribution is -2.18. The first-order valence-electron chi connectivity index (χ1n) is 6.48. The molecule has 0 saturated heterocycles. The molecule has 0 saturated carbocycles. The Labute approximate surface area is 126 Å². The normalized spacial score (nSPS) is 11.2. The topological polar surface area (TPSA) is 83.5 Å². The highest BCUT2D eigenvalue weighted by Crippen LogP contribution is 2.26. The zero-order valence-electron chi connectivity index (χ0n) is 12.7. The number of rotatable bonds is 4. The summed E-state index contributed by atoms with van der Waals surface area (Å²) in [5, 5.41) is 2.45. The van der Waals surface area contributed by atoms with E-state index < -0.39 is 10.1 Å². The fourth-order valence-electron chi connectivity index (χ4n) is 1.68. The number of hydrogen-bond donors (Lipinski definition) is 2. The van der Waals surface area contributed by atoms with Crippen LogP contribution in [0.15, 0.2) is 30.9 Å². The molecule has 0 fully saturated rings. The summed E-state index contributed by atoms with van der Waals surface area (Å²) < 4.78 is 31.9. The van der Waals surface area contributed by atoms with Gasteiger partial charge in [0, 0.05) is 18.2 Å². The van der Waals surface area contributed by atoms with E-state index in [0.717, 1.165) is 0 Å². The number of nitrogens with one attached hydrogen (secondary N) is 1. The van der Waals surface area contributed by atoms with Crippen LogP contribution in [-0.2, 0) is 10.1 Å².